The van der Waals surface area contributed by atoms with Gasteiger partial charge in [0.15, 0.2) is 0 Å². The Bertz CT molecular complexity index is 1060. The fourth-order valence-corrected chi connectivity index (χ4v) is 3.48. The number of ether oxygens (including phenoxy) is 1. The summed E-state index contributed by atoms with van der Waals surface area (Å²) in [7, 11) is 0. The molecule has 1 aliphatic rings. The summed E-state index contributed by atoms with van der Waals surface area (Å²) in [5.74, 6) is 1.85. The maximum Gasteiger partial charge on any atom is 0.127 e. The fraction of sp³-hybridized carbons (Fsp3) is 0.0476. The molecule has 0 unspecified atom stereocenters. The Morgan fingerprint density at radius 3 is 2.43 bits per heavy atom. The lowest BCUT2D eigenvalue weighted by atomic mass is 10.0. The van der Waals surface area contributed by atoms with Gasteiger partial charge in [0.2, 0.25) is 0 Å². The lowest BCUT2D eigenvalue weighted by Gasteiger charge is -2.17. The Morgan fingerprint density at radius 1 is 0.739 bits per heavy atom. The van der Waals surface area contributed by atoms with E-state index in [2.05, 4.69) is 53.2 Å². The molecule has 0 amide bonds. The molecule has 0 spiro atoms. The van der Waals surface area contributed by atoms with Gasteiger partial charge in [-0.15, -0.1) is 0 Å². The van der Waals surface area contributed by atoms with Crippen LogP contribution in [-0.2, 0) is 6.42 Å². The first-order valence-electron chi connectivity index (χ1n) is 7.84. The van der Waals surface area contributed by atoms with Crippen molar-refractivity contribution in [1.82, 2.24) is 4.57 Å². The van der Waals surface area contributed by atoms with Crippen molar-refractivity contribution in [3.63, 3.8) is 0 Å². The van der Waals surface area contributed by atoms with E-state index >= 15 is 0 Å². The molecule has 0 saturated heterocycles. The third-order valence-corrected chi connectivity index (χ3v) is 4.44. The molecule has 5 rings (SSSR count). The minimum Gasteiger partial charge on any atom is -0.460 e. The predicted octanol–water partition coefficient (Wildman–Crippen LogP) is 5.23. The standard InChI is InChI=1S/C21H15NO/c1-2-8-16(9-3-1)23-17-13-15-7-6-11-19-18-10-4-5-12-20(18)22(14-17)21(15)19/h1-12,14H,13H2. The van der Waals surface area contributed by atoms with Gasteiger partial charge < -0.3 is 9.30 Å². The van der Waals surface area contributed by atoms with Gasteiger partial charge in [-0.3, -0.25) is 0 Å². The second-order valence-electron chi connectivity index (χ2n) is 5.89. The molecule has 0 N–H and O–H groups in total. The van der Waals surface area contributed by atoms with Gasteiger partial charge in [-0.2, -0.15) is 0 Å². The van der Waals surface area contributed by atoms with Gasteiger partial charge in [-0.25, -0.2) is 0 Å². The molecular weight excluding hydrogens is 282 g/mol. The molecule has 0 radical (unpaired) electrons. The Kier molecular flexibility index (Phi) is 2.59. The lowest BCUT2D eigenvalue weighted by molar-refractivity contribution is 0.415. The second kappa shape index (κ2) is 4.75. The van der Waals surface area contributed by atoms with Gasteiger partial charge in [0, 0.05) is 23.4 Å². The fourth-order valence-electron chi connectivity index (χ4n) is 3.48. The molecule has 3 aromatic carbocycles. The normalized spacial score (nSPS) is 13.3. The Morgan fingerprint density at radius 2 is 1.52 bits per heavy atom. The zero-order chi connectivity index (χ0) is 15.2. The highest BCUT2D eigenvalue weighted by molar-refractivity contribution is 6.10. The van der Waals surface area contributed by atoms with E-state index in [1.165, 1.54) is 27.4 Å². The number of nitrogens with zero attached hydrogens (tertiary/aromatic N) is 1. The average molecular weight is 297 g/mol. The second-order valence-corrected chi connectivity index (χ2v) is 5.89. The molecule has 2 heterocycles. The molecule has 0 atom stereocenters. The molecule has 0 fully saturated rings. The minimum absolute atomic E-state index is 0.822. The molecule has 23 heavy (non-hydrogen) atoms. The molecule has 0 aliphatic carbocycles. The molecule has 1 aromatic heterocycles. The lowest BCUT2D eigenvalue weighted by Crippen LogP contribution is -2.07. The zero-order valence-corrected chi connectivity index (χ0v) is 12.6. The van der Waals surface area contributed by atoms with E-state index in [4.69, 9.17) is 4.74 Å². The highest BCUT2D eigenvalue weighted by Crippen LogP contribution is 2.35. The van der Waals surface area contributed by atoms with Crippen LogP contribution in [0.1, 0.15) is 5.56 Å². The topological polar surface area (TPSA) is 14.2 Å². The Balaban J connectivity index is 1.73. The van der Waals surface area contributed by atoms with Crippen LogP contribution in [-0.4, -0.2) is 4.57 Å². The van der Waals surface area contributed by atoms with Crippen molar-refractivity contribution < 1.29 is 4.74 Å². The van der Waals surface area contributed by atoms with Crippen LogP contribution in [0.2, 0.25) is 0 Å². The largest absolute Gasteiger partial charge is 0.460 e. The number of rotatable bonds is 2. The van der Waals surface area contributed by atoms with Crippen LogP contribution in [0.15, 0.2) is 78.6 Å². The van der Waals surface area contributed by atoms with Crippen LogP contribution in [0.25, 0.3) is 28.0 Å². The van der Waals surface area contributed by atoms with Crippen molar-refractivity contribution >= 4 is 28.0 Å². The Hall–Kier alpha value is -3.00. The maximum absolute atomic E-state index is 6.10. The van der Waals surface area contributed by atoms with Crippen molar-refractivity contribution in [2.45, 2.75) is 6.42 Å². The third kappa shape index (κ3) is 1.88. The first kappa shape index (κ1) is 12.5. The summed E-state index contributed by atoms with van der Waals surface area (Å²) in [5, 5.41) is 2.61. The molecule has 110 valence electrons. The monoisotopic (exact) mass is 297 g/mol. The van der Waals surface area contributed by atoms with Crippen LogP contribution in [0.5, 0.6) is 5.75 Å². The van der Waals surface area contributed by atoms with Crippen LogP contribution in [0.4, 0.5) is 0 Å². The van der Waals surface area contributed by atoms with Crippen molar-refractivity contribution in [3.05, 3.63) is 84.1 Å². The number of allylic oxidation sites excluding steroid dienone is 1. The maximum atomic E-state index is 6.10. The zero-order valence-electron chi connectivity index (χ0n) is 12.6. The highest BCUT2D eigenvalue weighted by Gasteiger charge is 2.18. The van der Waals surface area contributed by atoms with Crippen molar-refractivity contribution in [2.75, 3.05) is 0 Å². The van der Waals surface area contributed by atoms with E-state index < -0.39 is 0 Å². The molecule has 0 saturated carbocycles. The van der Waals surface area contributed by atoms with Crippen LogP contribution < -0.4 is 4.74 Å². The summed E-state index contributed by atoms with van der Waals surface area (Å²) < 4.78 is 8.37. The first-order valence-corrected chi connectivity index (χ1v) is 7.84. The van der Waals surface area contributed by atoms with Gasteiger partial charge in [0.25, 0.3) is 0 Å². The SMILES string of the molecule is C1=C(Oc2ccccc2)Cc2cccc3c4ccccc4n1c23. The Labute approximate surface area is 134 Å². The molecule has 2 nitrogen and oxygen atoms in total. The van der Waals surface area contributed by atoms with E-state index in [9.17, 15) is 0 Å². The number of aromatic nitrogens is 1. The number of para-hydroxylation sites is 3. The van der Waals surface area contributed by atoms with E-state index in [0.29, 0.717) is 0 Å². The molecule has 0 bridgehead atoms. The van der Waals surface area contributed by atoms with Crippen molar-refractivity contribution in [1.29, 1.82) is 0 Å². The van der Waals surface area contributed by atoms with E-state index in [1.54, 1.807) is 0 Å². The van der Waals surface area contributed by atoms with E-state index in [1.807, 2.05) is 30.3 Å². The van der Waals surface area contributed by atoms with Crippen LogP contribution in [0.3, 0.4) is 0 Å². The van der Waals surface area contributed by atoms with Crippen molar-refractivity contribution in [2.24, 2.45) is 0 Å². The average Bonchev–Trinajstić information content (AvgIpc) is 2.92. The predicted molar refractivity (Wildman–Crippen MR) is 94.5 cm³/mol. The summed E-state index contributed by atoms with van der Waals surface area (Å²) in [6.45, 7) is 0. The van der Waals surface area contributed by atoms with Gasteiger partial charge >= 0.3 is 0 Å². The van der Waals surface area contributed by atoms with Crippen molar-refractivity contribution in [3.8, 4) is 5.75 Å². The van der Waals surface area contributed by atoms with Gasteiger partial charge in [-0.1, -0.05) is 54.6 Å². The third-order valence-electron chi connectivity index (χ3n) is 4.44. The highest BCUT2D eigenvalue weighted by atomic mass is 16.5. The van der Waals surface area contributed by atoms with Gasteiger partial charge in [-0.05, 0) is 23.8 Å². The quantitative estimate of drug-likeness (QED) is 0.494. The minimum atomic E-state index is 0.822. The summed E-state index contributed by atoms with van der Waals surface area (Å²) >= 11 is 0. The van der Waals surface area contributed by atoms with Crippen LogP contribution in [0, 0.1) is 0 Å². The summed E-state index contributed by atoms with van der Waals surface area (Å²) in [6, 6.07) is 25.1. The molecule has 4 aromatic rings. The van der Waals surface area contributed by atoms with Gasteiger partial charge in [0.05, 0.1) is 11.0 Å². The number of benzene rings is 3. The summed E-state index contributed by atoms with van der Waals surface area (Å²) in [4.78, 5) is 0. The van der Waals surface area contributed by atoms with E-state index in [-0.39, 0.29) is 0 Å². The number of fused-ring (bicyclic) bond motifs is 3. The van der Waals surface area contributed by atoms with E-state index in [0.717, 1.165) is 17.9 Å². The smallest absolute Gasteiger partial charge is 0.127 e. The summed E-state index contributed by atoms with van der Waals surface area (Å²) in [5.41, 5.74) is 3.84. The van der Waals surface area contributed by atoms with Crippen LogP contribution >= 0.6 is 0 Å². The summed E-state index contributed by atoms with van der Waals surface area (Å²) in [6.07, 6.45) is 2.95. The number of hydrogen-bond acceptors (Lipinski definition) is 1. The number of hydrogen-bond donors (Lipinski definition) is 0. The first-order chi connectivity index (χ1) is 11.4. The van der Waals surface area contributed by atoms with Gasteiger partial charge in [0.1, 0.15) is 11.5 Å². The molecule has 1 aliphatic heterocycles. The molecular formula is C21H15NO. The molecule has 2 heteroatoms.